The fraction of sp³-hybridized carbons (Fsp3) is 0.300. The highest BCUT2D eigenvalue weighted by atomic mass is 16.5. The van der Waals surface area contributed by atoms with Gasteiger partial charge in [-0.25, -0.2) is 0 Å². The number of ether oxygens (including phenoxy) is 2. The van der Waals surface area contributed by atoms with E-state index in [9.17, 15) is 9.59 Å². The van der Waals surface area contributed by atoms with Gasteiger partial charge in [0, 0.05) is 17.3 Å². The van der Waals surface area contributed by atoms with Gasteiger partial charge in [0.15, 0.2) is 11.5 Å². The van der Waals surface area contributed by atoms with E-state index in [4.69, 9.17) is 9.47 Å². The fourth-order valence-electron chi connectivity index (χ4n) is 2.42. The highest BCUT2D eigenvalue weighted by Crippen LogP contribution is 2.25. The van der Waals surface area contributed by atoms with Crippen LogP contribution >= 0.6 is 0 Å². The van der Waals surface area contributed by atoms with Gasteiger partial charge in [-0.05, 0) is 49.2 Å². The number of para-hydroxylation sites is 2. The molecule has 0 saturated heterocycles. The smallest absolute Gasteiger partial charge is 0.251 e. The van der Waals surface area contributed by atoms with Crippen LogP contribution in [0.4, 0.5) is 5.69 Å². The van der Waals surface area contributed by atoms with Crippen LogP contribution in [0.15, 0.2) is 48.5 Å². The van der Waals surface area contributed by atoms with Crippen molar-refractivity contribution in [2.45, 2.75) is 25.3 Å². The molecule has 0 bridgehead atoms. The molecule has 1 fully saturated rings. The molecular weight excluding hydrogens is 332 g/mol. The predicted molar refractivity (Wildman–Crippen MR) is 98.7 cm³/mol. The number of hydrogen-bond donors (Lipinski definition) is 2. The zero-order valence-corrected chi connectivity index (χ0v) is 14.7. The van der Waals surface area contributed by atoms with Gasteiger partial charge in [-0.3, -0.25) is 9.59 Å². The molecule has 1 saturated carbocycles. The number of benzene rings is 2. The Hall–Kier alpha value is -3.02. The van der Waals surface area contributed by atoms with Crippen LogP contribution in [0.1, 0.15) is 29.6 Å². The van der Waals surface area contributed by atoms with E-state index >= 15 is 0 Å². The maximum absolute atomic E-state index is 12.0. The van der Waals surface area contributed by atoms with Gasteiger partial charge in [0.2, 0.25) is 5.91 Å². The van der Waals surface area contributed by atoms with E-state index < -0.39 is 0 Å². The first-order valence-corrected chi connectivity index (χ1v) is 8.62. The molecule has 0 radical (unpaired) electrons. The summed E-state index contributed by atoms with van der Waals surface area (Å²) in [6.45, 7) is 0.244. The maximum Gasteiger partial charge on any atom is 0.251 e. The van der Waals surface area contributed by atoms with E-state index in [1.165, 1.54) is 0 Å². The molecule has 6 heteroatoms. The molecule has 2 aromatic carbocycles. The van der Waals surface area contributed by atoms with Gasteiger partial charge in [-0.2, -0.15) is 0 Å². The number of hydrogen-bond acceptors (Lipinski definition) is 4. The van der Waals surface area contributed by atoms with Gasteiger partial charge in [0.05, 0.1) is 20.1 Å². The average molecular weight is 354 g/mol. The quantitative estimate of drug-likeness (QED) is 0.764. The summed E-state index contributed by atoms with van der Waals surface area (Å²) in [6, 6.07) is 14.5. The molecule has 0 atom stereocenters. The Kier molecular flexibility index (Phi) is 5.73. The summed E-state index contributed by atoms with van der Waals surface area (Å²) in [5.41, 5.74) is 1.24. The van der Waals surface area contributed by atoms with E-state index in [2.05, 4.69) is 10.6 Å². The van der Waals surface area contributed by atoms with Gasteiger partial charge in [-0.1, -0.05) is 12.1 Å². The molecule has 2 N–H and O–H groups in total. The number of carbonyl (C=O) groups excluding carboxylic acids is 2. The number of nitrogens with one attached hydrogen (secondary N) is 2. The normalized spacial score (nSPS) is 13.0. The number of anilines is 1. The minimum atomic E-state index is -0.157. The number of amides is 2. The van der Waals surface area contributed by atoms with Crippen LogP contribution in [0, 0.1) is 0 Å². The first-order valence-electron chi connectivity index (χ1n) is 8.62. The molecule has 136 valence electrons. The Labute approximate surface area is 152 Å². The second-order valence-electron chi connectivity index (χ2n) is 6.12. The lowest BCUT2D eigenvalue weighted by Gasteiger charge is -2.10. The van der Waals surface area contributed by atoms with Crippen LogP contribution in [0.25, 0.3) is 0 Å². The van der Waals surface area contributed by atoms with Crippen molar-refractivity contribution in [2.75, 3.05) is 19.0 Å². The first-order chi connectivity index (χ1) is 12.7. The van der Waals surface area contributed by atoms with Crippen LogP contribution < -0.4 is 20.1 Å². The van der Waals surface area contributed by atoms with Crippen LogP contribution in [0.3, 0.4) is 0 Å². The minimum Gasteiger partial charge on any atom is -0.493 e. The molecule has 3 rings (SSSR count). The number of rotatable bonds is 8. The third-order valence-corrected chi connectivity index (χ3v) is 4.00. The zero-order valence-electron chi connectivity index (χ0n) is 14.7. The SMILES string of the molecule is COc1ccccc1OCCC(=O)Nc1ccc(C(=O)NC2CC2)cc1. The second kappa shape index (κ2) is 8.38. The average Bonchev–Trinajstić information content (AvgIpc) is 3.46. The Morgan fingerprint density at radius 2 is 1.73 bits per heavy atom. The van der Waals surface area contributed by atoms with Crippen LogP contribution in [-0.2, 0) is 4.79 Å². The molecule has 6 nitrogen and oxygen atoms in total. The molecular formula is C20H22N2O4. The fourth-order valence-corrected chi connectivity index (χ4v) is 2.42. The van der Waals surface area contributed by atoms with E-state index in [0.29, 0.717) is 28.8 Å². The topological polar surface area (TPSA) is 76.7 Å². The second-order valence-corrected chi connectivity index (χ2v) is 6.12. The highest BCUT2D eigenvalue weighted by molar-refractivity contribution is 5.96. The molecule has 0 spiro atoms. The van der Waals surface area contributed by atoms with Gasteiger partial charge in [0.25, 0.3) is 5.91 Å². The Morgan fingerprint density at radius 1 is 1.04 bits per heavy atom. The minimum absolute atomic E-state index is 0.0735. The van der Waals surface area contributed by atoms with Crippen molar-refractivity contribution < 1.29 is 19.1 Å². The van der Waals surface area contributed by atoms with Crippen molar-refractivity contribution in [3.8, 4) is 11.5 Å². The third-order valence-electron chi connectivity index (χ3n) is 4.00. The molecule has 0 aromatic heterocycles. The molecule has 2 amide bonds. The standard InChI is InChI=1S/C20H22N2O4/c1-25-17-4-2-3-5-18(17)26-13-12-19(23)21-15-8-6-14(7-9-15)20(24)22-16-10-11-16/h2-9,16H,10-13H2,1H3,(H,21,23)(H,22,24). The molecule has 1 aliphatic carbocycles. The summed E-state index contributed by atoms with van der Waals surface area (Å²) in [6.07, 6.45) is 2.32. The molecule has 0 aliphatic heterocycles. The van der Waals surface area contributed by atoms with Crippen LogP contribution in [0.5, 0.6) is 11.5 Å². The van der Waals surface area contributed by atoms with E-state index in [1.807, 2.05) is 12.1 Å². The van der Waals surface area contributed by atoms with Crippen molar-refractivity contribution in [3.63, 3.8) is 0 Å². The Morgan fingerprint density at radius 3 is 2.38 bits per heavy atom. The summed E-state index contributed by atoms with van der Waals surface area (Å²) in [4.78, 5) is 24.0. The summed E-state index contributed by atoms with van der Waals surface area (Å²) in [5.74, 6) is 1.01. The molecule has 0 unspecified atom stereocenters. The summed E-state index contributed by atoms with van der Waals surface area (Å²) in [5, 5.41) is 5.72. The Balaban J connectivity index is 1.44. The summed E-state index contributed by atoms with van der Waals surface area (Å²) < 4.78 is 10.8. The van der Waals surface area contributed by atoms with Gasteiger partial charge in [-0.15, -0.1) is 0 Å². The molecule has 26 heavy (non-hydrogen) atoms. The number of carbonyl (C=O) groups is 2. The number of methoxy groups -OCH3 is 1. The van der Waals surface area contributed by atoms with Gasteiger partial charge < -0.3 is 20.1 Å². The van der Waals surface area contributed by atoms with Gasteiger partial charge in [0.1, 0.15) is 0 Å². The lowest BCUT2D eigenvalue weighted by atomic mass is 10.2. The summed E-state index contributed by atoms with van der Waals surface area (Å²) in [7, 11) is 1.57. The zero-order chi connectivity index (χ0) is 18.4. The lowest BCUT2D eigenvalue weighted by Crippen LogP contribution is -2.25. The third kappa shape index (κ3) is 4.99. The summed E-state index contributed by atoms with van der Waals surface area (Å²) >= 11 is 0. The largest absolute Gasteiger partial charge is 0.493 e. The van der Waals surface area contributed by atoms with Crippen molar-refractivity contribution >= 4 is 17.5 Å². The maximum atomic E-state index is 12.0. The van der Waals surface area contributed by atoms with E-state index in [1.54, 1.807) is 43.5 Å². The van der Waals surface area contributed by atoms with Crippen molar-refractivity contribution in [1.82, 2.24) is 5.32 Å². The highest BCUT2D eigenvalue weighted by Gasteiger charge is 2.23. The molecule has 0 heterocycles. The van der Waals surface area contributed by atoms with Crippen molar-refractivity contribution in [3.05, 3.63) is 54.1 Å². The first kappa shape index (κ1) is 17.8. The van der Waals surface area contributed by atoms with E-state index in [0.717, 1.165) is 12.8 Å². The predicted octanol–water partition coefficient (Wildman–Crippen LogP) is 3.00. The molecule has 1 aliphatic rings. The van der Waals surface area contributed by atoms with Crippen LogP contribution in [0.2, 0.25) is 0 Å². The van der Waals surface area contributed by atoms with Gasteiger partial charge >= 0.3 is 0 Å². The van der Waals surface area contributed by atoms with Crippen molar-refractivity contribution in [2.24, 2.45) is 0 Å². The Bertz CT molecular complexity index is 770. The molecule has 2 aromatic rings. The van der Waals surface area contributed by atoms with Crippen LogP contribution in [-0.4, -0.2) is 31.6 Å². The lowest BCUT2D eigenvalue weighted by molar-refractivity contribution is -0.116. The van der Waals surface area contributed by atoms with Crippen molar-refractivity contribution in [1.29, 1.82) is 0 Å². The van der Waals surface area contributed by atoms with E-state index in [-0.39, 0.29) is 24.8 Å². The monoisotopic (exact) mass is 354 g/mol.